The Labute approximate surface area is 134 Å². The lowest BCUT2D eigenvalue weighted by molar-refractivity contribution is 0.0977. The van der Waals surface area contributed by atoms with E-state index in [1.165, 1.54) is 4.80 Å². The summed E-state index contributed by atoms with van der Waals surface area (Å²) in [5.74, 6) is 0.399. The first-order chi connectivity index (χ1) is 10.5. The second-order valence-electron chi connectivity index (χ2n) is 5.28. The topological polar surface area (TPSA) is 84.7 Å². The fourth-order valence-electron chi connectivity index (χ4n) is 1.83. The van der Waals surface area contributed by atoms with Crippen molar-refractivity contribution in [3.05, 3.63) is 35.4 Å². The van der Waals surface area contributed by atoms with E-state index in [0.717, 1.165) is 5.56 Å². The van der Waals surface area contributed by atoms with Crippen molar-refractivity contribution in [2.24, 2.45) is 5.92 Å². The van der Waals surface area contributed by atoms with E-state index in [9.17, 15) is 4.79 Å². The van der Waals surface area contributed by atoms with Gasteiger partial charge in [-0.15, -0.1) is 5.10 Å². The molecule has 0 bridgehead atoms. The number of carbonyl (C=O) groups excluding carboxylic acids is 1. The molecular weight excluding hydrogens is 300 g/mol. The Morgan fingerprint density at radius 2 is 2.09 bits per heavy atom. The first-order valence-corrected chi connectivity index (χ1v) is 7.32. The maximum atomic E-state index is 12.1. The van der Waals surface area contributed by atoms with Crippen molar-refractivity contribution in [2.45, 2.75) is 27.3 Å². The molecule has 7 nitrogen and oxygen atoms in total. The number of nitrogens with zero attached hydrogens (tertiary/aromatic N) is 4. The Morgan fingerprint density at radius 3 is 2.77 bits per heavy atom. The average Bonchev–Trinajstić information content (AvgIpc) is 2.85. The van der Waals surface area contributed by atoms with E-state index in [0.29, 0.717) is 18.0 Å². The highest BCUT2D eigenvalue weighted by molar-refractivity contribution is 7.80. The lowest BCUT2D eigenvalue weighted by Gasteiger charge is -2.08. The molecule has 0 saturated heterocycles. The summed E-state index contributed by atoms with van der Waals surface area (Å²) >= 11 is 5.09. The van der Waals surface area contributed by atoms with Crippen LogP contribution in [0.1, 0.15) is 29.8 Å². The number of nitrogens with one attached hydrogen (secondary N) is 2. The Hall–Kier alpha value is -2.35. The van der Waals surface area contributed by atoms with Gasteiger partial charge in [0.1, 0.15) is 0 Å². The highest BCUT2D eigenvalue weighted by Gasteiger charge is 2.11. The van der Waals surface area contributed by atoms with Crippen LogP contribution in [0.4, 0.5) is 5.95 Å². The van der Waals surface area contributed by atoms with Gasteiger partial charge in [-0.2, -0.15) is 4.80 Å². The van der Waals surface area contributed by atoms with Crippen LogP contribution in [0.25, 0.3) is 0 Å². The minimum absolute atomic E-state index is 0.136. The fourth-order valence-corrected chi connectivity index (χ4v) is 2.01. The summed E-state index contributed by atoms with van der Waals surface area (Å²) in [7, 11) is 0. The third kappa shape index (κ3) is 4.32. The van der Waals surface area contributed by atoms with Crippen molar-refractivity contribution in [1.82, 2.24) is 25.5 Å². The van der Waals surface area contributed by atoms with Gasteiger partial charge in [0.25, 0.3) is 11.9 Å². The van der Waals surface area contributed by atoms with Gasteiger partial charge in [-0.1, -0.05) is 37.1 Å². The summed E-state index contributed by atoms with van der Waals surface area (Å²) < 4.78 is 0. The maximum absolute atomic E-state index is 12.1. The molecule has 0 atom stereocenters. The van der Waals surface area contributed by atoms with Gasteiger partial charge in [-0.25, -0.2) is 0 Å². The van der Waals surface area contributed by atoms with Crippen LogP contribution < -0.4 is 10.6 Å². The summed E-state index contributed by atoms with van der Waals surface area (Å²) in [6.45, 7) is 6.65. The number of aromatic nitrogens is 4. The summed E-state index contributed by atoms with van der Waals surface area (Å²) in [5, 5.41) is 17.4. The molecule has 8 heteroatoms. The molecule has 1 heterocycles. The van der Waals surface area contributed by atoms with Crippen LogP contribution in [0.15, 0.2) is 24.3 Å². The molecule has 1 amide bonds. The average molecular weight is 318 g/mol. The number of hydrogen-bond acceptors (Lipinski definition) is 5. The monoisotopic (exact) mass is 318 g/mol. The number of anilines is 1. The number of rotatable bonds is 4. The van der Waals surface area contributed by atoms with Crippen LogP contribution in [0, 0.1) is 12.8 Å². The number of tetrazole rings is 1. The molecule has 0 spiro atoms. The van der Waals surface area contributed by atoms with E-state index in [2.05, 4.69) is 39.9 Å². The first kappa shape index (κ1) is 16.0. The number of hydrogen-bond donors (Lipinski definition) is 2. The quantitative estimate of drug-likeness (QED) is 0.836. The molecule has 0 unspecified atom stereocenters. The third-order valence-corrected chi connectivity index (χ3v) is 3.03. The van der Waals surface area contributed by atoms with E-state index in [-0.39, 0.29) is 17.0 Å². The molecule has 0 saturated carbocycles. The molecular formula is C14H18N6OS. The molecule has 1 aromatic heterocycles. The molecule has 2 rings (SSSR count). The Balaban J connectivity index is 1.94. The number of aryl methyl sites for hydroxylation is 1. The summed E-state index contributed by atoms with van der Waals surface area (Å²) in [4.78, 5) is 13.6. The Kier molecular flexibility index (Phi) is 5.16. The van der Waals surface area contributed by atoms with Crippen LogP contribution in [0.2, 0.25) is 0 Å². The van der Waals surface area contributed by atoms with Crippen molar-refractivity contribution < 1.29 is 4.79 Å². The molecule has 0 fully saturated rings. The predicted molar refractivity (Wildman–Crippen MR) is 87.5 cm³/mol. The number of amides is 1. The minimum Gasteiger partial charge on any atom is -0.299 e. The van der Waals surface area contributed by atoms with Gasteiger partial charge >= 0.3 is 0 Å². The lowest BCUT2D eigenvalue weighted by atomic mass is 10.1. The van der Waals surface area contributed by atoms with E-state index >= 15 is 0 Å². The van der Waals surface area contributed by atoms with Crippen LogP contribution in [0.5, 0.6) is 0 Å². The molecule has 1 aromatic carbocycles. The third-order valence-electron chi connectivity index (χ3n) is 2.82. The van der Waals surface area contributed by atoms with Gasteiger partial charge in [-0.05, 0) is 41.9 Å². The zero-order valence-electron chi connectivity index (χ0n) is 12.7. The number of carbonyl (C=O) groups is 1. The Morgan fingerprint density at radius 1 is 1.36 bits per heavy atom. The van der Waals surface area contributed by atoms with Crippen LogP contribution in [0.3, 0.4) is 0 Å². The first-order valence-electron chi connectivity index (χ1n) is 6.91. The van der Waals surface area contributed by atoms with Crippen molar-refractivity contribution in [1.29, 1.82) is 0 Å². The standard InChI is InChI=1S/C14H18N6OS/c1-9(2)8-20-18-13(17-19-20)16-14(22)15-12(21)11-7-5-4-6-10(11)3/h4-7,9H,8H2,1-3H3,(H2,15,16,18,21,22). The SMILES string of the molecule is Cc1ccccc1C(=O)NC(=S)Nc1nnn(CC(C)C)n1. The van der Waals surface area contributed by atoms with Crippen molar-refractivity contribution in [2.75, 3.05) is 5.32 Å². The van der Waals surface area contributed by atoms with Crippen LogP contribution in [-0.4, -0.2) is 31.2 Å². The summed E-state index contributed by atoms with van der Waals surface area (Å²) in [6, 6.07) is 7.28. The van der Waals surface area contributed by atoms with E-state index in [1.807, 2.05) is 19.1 Å². The normalized spacial score (nSPS) is 10.5. The molecule has 0 aliphatic heterocycles. The zero-order chi connectivity index (χ0) is 16.1. The molecule has 0 aliphatic rings. The summed E-state index contributed by atoms with van der Waals surface area (Å²) in [5.41, 5.74) is 1.45. The van der Waals surface area contributed by atoms with Gasteiger partial charge in [0.2, 0.25) is 0 Å². The summed E-state index contributed by atoms with van der Waals surface area (Å²) in [6.07, 6.45) is 0. The fraction of sp³-hybridized carbons (Fsp3) is 0.357. The van der Waals surface area contributed by atoms with E-state index in [4.69, 9.17) is 12.2 Å². The predicted octanol–water partition coefficient (Wildman–Crippen LogP) is 1.76. The highest BCUT2D eigenvalue weighted by Crippen LogP contribution is 2.06. The molecule has 0 aliphatic carbocycles. The van der Waals surface area contributed by atoms with Crippen molar-refractivity contribution >= 4 is 29.2 Å². The molecule has 2 N–H and O–H groups in total. The molecule has 0 radical (unpaired) electrons. The van der Waals surface area contributed by atoms with Crippen molar-refractivity contribution in [3.63, 3.8) is 0 Å². The second kappa shape index (κ2) is 7.08. The van der Waals surface area contributed by atoms with Gasteiger partial charge in [-0.3, -0.25) is 15.4 Å². The number of thiocarbonyl (C=S) groups is 1. The second-order valence-corrected chi connectivity index (χ2v) is 5.69. The minimum atomic E-state index is -0.273. The van der Waals surface area contributed by atoms with E-state index in [1.54, 1.807) is 12.1 Å². The molecule has 2 aromatic rings. The van der Waals surface area contributed by atoms with Crippen LogP contribution in [-0.2, 0) is 6.54 Å². The smallest absolute Gasteiger partial charge is 0.269 e. The van der Waals surface area contributed by atoms with Gasteiger partial charge in [0.15, 0.2) is 5.11 Å². The largest absolute Gasteiger partial charge is 0.299 e. The van der Waals surface area contributed by atoms with Gasteiger partial charge in [0.05, 0.1) is 6.54 Å². The van der Waals surface area contributed by atoms with Gasteiger partial charge in [0, 0.05) is 5.56 Å². The molecule has 22 heavy (non-hydrogen) atoms. The van der Waals surface area contributed by atoms with Gasteiger partial charge < -0.3 is 0 Å². The number of benzene rings is 1. The lowest BCUT2D eigenvalue weighted by Crippen LogP contribution is -2.34. The zero-order valence-corrected chi connectivity index (χ0v) is 13.5. The van der Waals surface area contributed by atoms with E-state index < -0.39 is 0 Å². The Bertz CT molecular complexity index is 681. The highest BCUT2D eigenvalue weighted by atomic mass is 32.1. The molecule has 116 valence electrons. The maximum Gasteiger partial charge on any atom is 0.269 e. The van der Waals surface area contributed by atoms with Crippen LogP contribution >= 0.6 is 12.2 Å². The van der Waals surface area contributed by atoms with Crippen molar-refractivity contribution in [3.8, 4) is 0 Å².